The first-order valence-electron chi connectivity index (χ1n) is 12.3. The summed E-state index contributed by atoms with van der Waals surface area (Å²) < 4.78 is 0. The molecule has 0 saturated carbocycles. The van der Waals surface area contributed by atoms with Crippen LogP contribution in [0.15, 0.2) is 54.1 Å². The first-order chi connectivity index (χ1) is 16.1. The van der Waals surface area contributed by atoms with Gasteiger partial charge in [0, 0.05) is 37.3 Å². The summed E-state index contributed by atoms with van der Waals surface area (Å²) in [6, 6.07) is 16.1. The zero-order valence-corrected chi connectivity index (χ0v) is 19.9. The SMILES string of the molecule is CCN(CC)C(=O)c1ccc(C(=C2CCNCC2)c2cccc(C(=O)N3CCCC3)c2)cc1. The topological polar surface area (TPSA) is 52.7 Å². The minimum Gasteiger partial charge on any atom is -0.339 e. The van der Waals surface area contributed by atoms with E-state index in [0.717, 1.165) is 74.1 Å². The fourth-order valence-electron chi connectivity index (χ4n) is 4.94. The van der Waals surface area contributed by atoms with Gasteiger partial charge in [0.1, 0.15) is 0 Å². The summed E-state index contributed by atoms with van der Waals surface area (Å²) >= 11 is 0. The van der Waals surface area contributed by atoms with Crippen LogP contribution in [0.5, 0.6) is 0 Å². The summed E-state index contributed by atoms with van der Waals surface area (Å²) in [5, 5.41) is 3.44. The van der Waals surface area contributed by atoms with Crippen LogP contribution in [0, 0.1) is 0 Å². The summed E-state index contributed by atoms with van der Waals surface area (Å²) in [6.07, 6.45) is 4.15. The van der Waals surface area contributed by atoms with Crippen molar-refractivity contribution >= 4 is 17.4 Å². The minimum atomic E-state index is 0.0702. The van der Waals surface area contributed by atoms with Crippen molar-refractivity contribution in [3.05, 3.63) is 76.4 Å². The van der Waals surface area contributed by atoms with E-state index in [1.807, 2.05) is 47.9 Å². The Balaban J connectivity index is 1.69. The Hall–Kier alpha value is -2.92. The second-order valence-corrected chi connectivity index (χ2v) is 8.86. The van der Waals surface area contributed by atoms with E-state index in [-0.39, 0.29) is 11.8 Å². The maximum absolute atomic E-state index is 13.0. The van der Waals surface area contributed by atoms with Crippen LogP contribution in [-0.4, -0.2) is 60.9 Å². The van der Waals surface area contributed by atoms with Gasteiger partial charge in [-0.25, -0.2) is 0 Å². The lowest BCUT2D eigenvalue weighted by Gasteiger charge is -2.23. The maximum atomic E-state index is 13.0. The van der Waals surface area contributed by atoms with Crippen LogP contribution in [0.2, 0.25) is 0 Å². The molecule has 2 aliphatic heterocycles. The molecule has 2 saturated heterocycles. The highest BCUT2D eigenvalue weighted by Gasteiger charge is 2.21. The molecule has 2 aromatic carbocycles. The summed E-state index contributed by atoms with van der Waals surface area (Å²) in [5.74, 6) is 0.199. The lowest BCUT2D eigenvalue weighted by molar-refractivity contribution is 0.0770. The quantitative estimate of drug-likeness (QED) is 0.708. The van der Waals surface area contributed by atoms with E-state index in [1.165, 1.54) is 11.1 Å². The Morgan fingerprint density at radius 3 is 2.09 bits per heavy atom. The monoisotopic (exact) mass is 445 g/mol. The van der Waals surface area contributed by atoms with Crippen LogP contribution in [0.1, 0.15) is 71.4 Å². The van der Waals surface area contributed by atoms with Gasteiger partial charge in [0.2, 0.25) is 0 Å². The average Bonchev–Trinajstić information content (AvgIpc) is 3.41. The Kier molecular flexibility index (Phi) is 7.61. The number of carbonyl (C=O) groups is 2. The molecule has 2 aliphatic rings. The Labute approximate surface area is 197 Å². The lowest BCUT2D eigenvalue weighted by Crippen LogP contribution is -2.30. The Bertz CT molecular complexity index is 1010. The molecule has 2 heterocycles. The summed E-state index contributed by atoms with van der Waals surface area (Å²) in [4.78, 5) is 29.6. The molecule has 0 spiro atoms. The Morgan fingerprint density at radius 1 is 0.848 bits per heavy atom. The summed E-state index contributed by atoms with van der Waals surface area (Å²) in [5.41, 5.74) is 6.27. The van der Waals surface area contributed by atoms with Crippen molar-refractivity contribution in [2.45, 2.75) is 39.5 Å². The van der Waals surface area contributed by atoms with Gasteiger partial charge in [0.15, 0.2) is 0 Å². The number of benzene rings is 2. The number of likely N-dealkylation sites (tertiary alicyclic amines) is 1. The number of piperidine rings is 1. The van der Waals surface area contributed by atoms with E-state index in [0.29, 0.717) is 13.1 Å². The second-order valence-electron chi connectivity index (χ2n) is 8.86. The Morgan fingerprint density at radius 2 is 1.45 bits per heavy atom. The molecule has 5 heteroatoms. The van der Waals surface area contributed by atoms with Crippen LogP contribution in [0.25, 0.3) is 5.57 Å². The zero-order valence-electron chi connectivity index (χ0n) is 19.9. The van der Waals surface area contributed by atoms with E-state index in [9.17, 15) is 9.59 Å². The molecule has 5 nitrogen and oxygen atoms in total. The number of nitrogens with one attached hydrogen (secondary N) is 1. The maximum Gasteiger partial charge on any atom is 0.253 e. The van der Waals surface area contributed by atoms with Crippen molar-refractivity contribution in [1.29, 1.82) is 0 Å². The fraction of sp³-hybridized carbons (Fsp3) is 0.429. The third-order valence-corrected chi connectivity index (χ3v) is 6.82. The number of hydrogen-bond donors (Lipinski definition) is 1. The van der Waals surface area contributed by atoms with E-state index >= 15 is 0 Å². The third kappa shape index (κ3) is 5.19. The van der Waals surface area contributed by atoms with E-state index < -0.39 is 0 Å². The number of carbonyl (C=O) groups excluding carboxylic acids is 2. The molecule has 0 radical (unpaired) electrons. The van der Waals surface area contributed by atoms with Gasteiger partial charge in [0.25, 0.3) is 11.8 Å². The van der Waals surface area contributed by atoms with Crippen LogP contribution in [0.4, 0.5) is 0 Å². The van der Waals surface area contributed by atoms with E-state index in [4.69, 9.17) is 0 Å². The molecule has 0 aliphatic carbocycles. The largest absolute Gasteiger partial charge is 0.339 e. The molecule has 2 fully saturated rings. The number of amides is 2. The molecule has 4 rings (SSSR count). The molecule has 174 valence electrons. The van der Waals surface area contributed by atoms with Gasteiger partial charge in [-0.3, -0.25) is 9.59 Å². The van der Waals surface area contributed by atoms with Crippen molar-refractivity contribution in [3.8, 4) is 0 Å². The van der Waals surface area contributed by atoms with Gasteiger partial charge in [-0.15, -0.1) is 0 Å². The van der Waals surface area contributed by atoms with Crippen molar-refractivity contribution in [2.24, 2.45) is 0 Å². The molecular formula is C28H35N3O2. The van der Waals surface area contributed by atoms with Crippen molar-refractivity contribution < 1.29 is 9.59 Å². The van der Waals surface area contributed by atoms with Gasteiger partial charge in [-0.2, -0.15) is 0 Å². The normalized spacial score (nSPS) is 16.1. The molecule has 2 aromatic rings. The molecule has 33 heavy (non-hydrogen) atoms. The highest BCUT2D eigenvalue weighted by atomic mass is 16.2. The smallest absolute Gasteiger partial charge is 0.253 e. The number of nitrogens with zero attached hydrogens (tertiary/aromatic N) is 2. The highest BCUT2D eigenvalue weighted by Crippen LogP contribution is 2.32. The zero-order chi connectivity index (χ0) is 23.2. The van der Waals surface area contributed by atoms with Crippen LogP contribution < -0.4 is 5.32 Å². The lowest BCUT2D eigenvalue weighted by atomic mass is 9.87. The molecule has 0 atom stereocenters. The van der Waals surface area contributed by atoms with E-state index in [2.05, 4.69) is 29.6 Å². The minimum absolute atomic E-state index is 0.0702. The molecule has 1 N–H and O–H groups in total. The van der Waals surface area contributed by atoms with Gasteiger partial charge in [0.05, 0.1) is 0 Å². The molecule has 0 unspecified atom stereocenters. The second kappa shape index (κ2) is 10.8. The third-order valence-electron chi connectivity index (χ3n) is 6.82. The first kappa shape index (κ1) is 23.2. The summed E-state index contributed by atoms with van der Waals surface area (Å²) in [6.45, 7) is 9.05. The summed E-state index contributed by atoms with van der Waals surface area (Å²) in [7, 11) is 0. The predicted octanol–water partition coefficient (Wildman–Crippen LogP) is 4.59. The van der Waals surface area contributed by atoms with Gasteiger partial charge in [-0.1, -0.05) is 29.8 Å². The average molecular weight is 446 g/mol. The van der Waals surface area contributed by atoms with Crippen LogP contribution in [0.3, 0.4) is 0 Å². The number of hydrogen-bond acceptors (Lipinski definition) is 3. The highest BCUT2D eigenvalue weighted by molar-refractivity contribution is 5.97. The first-order valence-corrected chi connectivity index (χ1v) is 12.3. The standard InChI is InChI=1S/C28H35N3O2/c1-3-30(4-2)27(32)23-12-10-21(11-13-23)26(22-14-16-29-17-15-22)24-8-7-9-25(20-24)28(33)31-18-5-6-19-31/h7-13,20,29H,3-6,14-19H2,1-2H3. The number of rotatable bonds is 6. The van der Waals surface area contributed by atoms with Crippen molar-refractivity contribution in [2.75, 3.05) is 39.3 Å². The molecule has 0 aromatic heterocycles. The molecule has 0 bridgehead atoms. The van der Waals surface area contributed by atoms with Crippen molar-refractivity contribution in [1.82, 2.24) is 15.1 Å². The van der Waals surface area contributed by atoms with Gasteiger partial charge < -0.3 is 15.1 Å². The van der Waals surface area contributed by atoms with Crippen LogP contribution >= 0.6 is 0 Å². The molecular weight excluding hydrogens is 410 g/mol. The van der Waals surface area contributed by atoms with Crippen molar-refractivity contribution in [3.63, 3.8) is 0 Å². The fourth-order valence-corrected chi connectivity index (χ4v) is 4.94. The predicted molar refractivity (Wildman–Crippen MR) is 133 cm³/mol. The van der Waals surface area contributed by atoms with Gasteiger partial charge >= 0.3 is 0 Å². The van der Waals surface area contributed by atoms with Crippen LogP contribution in [-0.2, 0) is 0 Å². The molecule has 2 amide bonds. The van der Waals surface area contributed by atoms with Gasteiger partial charge in [-0.05, 0) is 93.6 Å². The van der Waals surface area contributed by atoms with E-state index in [1.54, 1.807) is 0 Å².